The van der Waals surface area contributed by atoms with Crippen LogP contribution in [0.25, 0.3) is 0 Å². The summed E-state index contributed by atoms with van der Waals surface area (Å²) in [6.45, 7) is 1.74. The molecule has 0 radical (unpaired) electrons. The molecule has 2 aromatic rings. The molecule has 0 bridgehead atoms. The number of carbonyl (C=O) groups is 2. The summed E-state index contributed by atoms with van der Waals surface area (Å²) in [5.41, 5.74) is 4.58. The lowest BCUT2D eigenvalue weighted by Gasteiger charge is -2.08. The van der Waals surface area contributed by atoms with Crippen LogP contribution in [0, 0.1) is 6.92 Å². The van der Waals surface area contributed by atoms with Crippen LogP contribution in [-0.2, 0) is 6.18 Å². The Labute approximate surface area is 127 Å². The molecule has 0 atom stereocenters. The molecule has 2 rings (SSSR count). The van der Waals surface area contributed by atoms with Crippen LogP contribution in [0.15, 0.2) is 30.3 Å². The van der Waals surface area contributed by atoms with Crippen molar-refractivity contribution in [1.82, 2.24) is 0 Å². The Morgan fingerprint density at radius 2 is 1.77 bits per heavy atom. The topological polar surface area (TPSA) is 72.2 Å². The monoisotopic (exact) mass is 328 g/mol. The normalized spacial score (nSPS) is 11.3. The molecule has 8 heteroatoms. The third-order valence-corrected chi connectivity index (χ3v) is 3.79. The second kappa shape index (κ2) is 5.80. The van der Waals surface area contributed by atoms with Gasteiger partial charge in [-0.1, -0.05) is 0 Å². The van der Waals surface area contributed by atoms with Crippen LogP contribution in [0.4, 0.5) is 18.2 Å². The van der Waals surface area contributed by atoms with Crippen molar-refractivity contribution < 1.29 is 22.8 Å². The summed E-state index contributed by atoms with van der Waals surface area (Å²) in [6, 6.07) is 5.33. The number of rotatable bonds is 3. The lowest BCUT2D eigenvalue weighted by molar-refractivity contribution is -0.137. The van der Waals surface area contributed by atoms with E-state index in [2.05, 4.69) is 5.32 Å². The summed E-state index contributed by atoms with van der Waals surface area (Å²) in [5.74, 6) is -1.30. The number of primary amides is 1. The van der Waals surface area contributed by atoms with Crippen molar-refractivity contribution in [2.75, 3.05) is 5.32 Å². The molecular formula is C14H11F3N2O2S. The molecule has 0 aliphatic carbocycles. The smallest absolute Gasteiger partial charge is 0.366 e. The van der Waals surface area contributed by atoms with Gasteiger partial charge in [-0.2, -0.15) is 13.2 Å². The highest BCUT2D eigenvalue weighted by Gasteiger charge is 2.30. The SMILES string of the molecule is Cc1cc(C(N)=O)c(NC(=O)c2ccc(C(F)(F)F)cc2)s1. The molecule has 0 saturated carbocycles. The number of nitrogens with one attached hydrogen (secondary N) is 1. The van der Waals surface area contributed by atoms with E-state index < -0.39 is 23.6 Å². The number of benzene rings is 1. The number of hydrogen-bond acceptors (Lipinski definition) is 3. The van der Waals surface area contributed by atoms with Crippen molar-refractivity contribution >= 4 is 28.2 Å². The lowest BCUT2D eigenvalue weighted by atomic mass is 10.1. The summed E-state index contributed by atoms with van der Waals surface area (Å²) in [7, 11) is 0. The standard InChI is InChI=1S/C14H11F3N2O2S/c1-7-6-10(11(18)20)13(22-7)19-12(21)8-2-4-9(5-3-8)14(15,16)17/h2-6H,1H3,(H2,18,20)(H,19,21). The Balaban J connectivity index is 2.21. The molecule has 2 amide bonds. The molecule has 0 fully saturated rings. The number of nitrogens with two attached hydrogens (primary N) is 1. The van der Waals surface area contributed by atoms with Crippen LogP contribution in [0.1, 0.15) is 31.2 Å². The second-order valence-electron chi connectivity index (χ2n) is 4.49. The number of hydrogen-bond donors (Lipinski definition) is 2. The van der Waals surface area contributed by atoms with E-state index in [9.17, 15) is 22.8 Å². The summed E-state index contributed by atoms with van der Waals surface area (Å²) >= 11 is 1.16. The van der Waals surface area contributed by atoms with Gasteiger partial charge in [0.2, 0.25) is 0 Å². The minimum absolute atomic E-state index is 0.0504. The number of halogens is 3. The Bertz CT molecular complexity index is 721. The van der Waals surface area contributed by atoms with Gasteiger partial charge < -0.3 is 11.1 Å². The highest BCUT2D eigenvalue weighted by atomic mass is 32.1. The summed E-state index contributed by atoms with van der Waals surface area (Å²) in [4.78, 5) is 24.1. The first kappa shape index (κ1) is 16.0. The molecule has 1 aromatic heterocycles. The van der Waals surface area contributed by atoms with Gasteiger partial charge in [-0.3, -0.25) is 9.59 Å². The number of aryl methyl sites for hydroxylation is 1. The number of alkyl halides is 3. The van der Waals surface area contributed by atoms with Gasteiger partial charge in [-0.25, -0.2) is 0 Å². The van der Waals surface area contributed by atoms with Gasteiger partial charge >= 0.3 is 6.18 Å². The molecule has 0 saturated heterocycles. The molecule has 22 heavy (non-hydrogen) atoms. The van der Waals surface area contributed by atoms with Crippen LogP contribution in [0.5, 0.6) is 0 Å². The predicted octanol–water partition coefficient (Wildman–Crippen LogP) is 3.43. The number of anilines is 1. The minimum atomic E-state index is -4.46. The second-order valence-corrected chi connectivity index (χ2v) is 5.75. The zero-order chi connectivity index (χ0) is 16.5. The maximum Gasteiger partial charge on any atom is 0.416 e. The summed E-state index contributed by atoms with van der Waals surface area (Å²) in [5, 5.41) is 2.76. The first-order valence-electron chi connectivity index (χ1n) is 6.07. The van der Waals surface area contributed by atoms with Crippen molar-refractivity contribution in [3.05, 3.63) is 51.9 Å². The van der Waals surface area contributed by atoms with Crippen LogP contribution < -0.4 is 11.1 Å². The summed E-state index contributed by atoms with van der Waals surface area (Å²) < 4.78 is 37.4. The third kappa shape index (κ3) is 3.45. The van der Waals surface area contributed by atoms with Crippen LogP contribution in [-0.4, -0.2) is 11.8 Å². The molecule has 0 aliphatic rings. The molecule has 0 unspecified atom stereocenters. The predicted molar refractivity (Wildman–Crippen MR) is 77.0 cm³/mol. The number of carbonyl (C=O) groups excluding carboxylic acids is 2. The molecule has 1 aromatic carbocycles. The van der Waals surface area contributed by atoms with Gasteiger partial charge in [0.1, 0.15) is 5.00 Å². The fourth-order valence-electron chi connectivity index (χ4n) is 1.78. The van der Waals surface area contributed by atoms with Gasteiger partial charge in [0.05, 0.1) is 11.1 Å². The quantitative estimate of drug-likeness (QED) is 0.906. The van der Waals surface area contributed by atoms with E-state index in [-0.39, 0.29) is 16.1 Å². The first-order chi connectivity index (χ1) is 10.2. The van der Waals surface area contributed by atoms with E-state index in [1.807, 2.05) is 0 Å². The third-order valence-electron chi connectivity index (χ3n) is 2.82. The van der Waals surface area contributed by atoms with Crippen LogP contribution >= 0.6 is 11.3 Å². The highest BCUT2D eigenvalue weighted by molar-refractivity contribution is 7.16. The van der Waals surface area contributed by atoms with Gasteiger partial charge in [-0.15, -0.1) is 11.3 Å². The zero-order valence-electron chi connectivity index (χ0n) is 11.3. The average molecular weight is 328 g/mol. The molecule has 0 spiro atoms. The van der Waals surface area contributed by atoms with E-state index in [0.29, 0.717) is 0 Å². The van der Waals surface area contributed by atoms with Gasteiger partial charge in [0.25, 0.3) is 11.8 Å². The fraction of sp³-hybridized carbons (Fsp3) is 0.143. The largest absolute Gasteiger partial charge is 0.416 e. The Morgan fingerprint density at radius 1 is 1.18 bits per heavy atom. The van der Waals surface area contributed by atoms with Crippen molar-refractivity contribution in [1.29, 1.82) is 0 Å². The molecule has 3 N–H and O–H groups in total. The van der Waals surface area contributed by atoms with Gasteiger partial charge in [0.15, 0.2) is 0 Å². The van der Waals surface area contributed by atoms with E-state index in [4.69, 9.17) is 5.73 Å². The Morgan fingerprint density at radius 3 is 2.27 bits per heavy atom. The lowest BCUT2D eigenvalue weighted by Crippen LogP contribution is -2.16. The molecule has 4 nitrogen and oxygen atoms in total. The van der Waals surface area contributed by atoms with Gasteiger partial charge in [0, 0.05) is 10.4 Å². The number of amides is 2. The van der Waals surface area contributed by atoms with E-state index in [1.54, 1.807) is 6.92 Å². The van der Waals surface area contributed by atoms with E-state index >= 15 is 0 Å². The highest BCUT2D eigenvalue weighted by Crippen LogP contribution is 2.30. The fourth-order valence-corrected chi connectivity index (χ4v) is 2.69. The maximum absolute atomic E-state index is 12.5. The van der Waals surface area contributed by atoms with Crippen molar-refractivity contribution in [3.63, 3.8) is 0 Å². The summed E-state index contributed by atoms with van der Waals surface area (Å²) in [6.07, 6.45) is -4.46. The zero-order valence-corrected chi connectivity index (χ0v) is 12.1. The Hall–Kier alpha value is -2.35. The van der Waals surface area contributed by atoms with Crippen molar-refractivity contribution in [2.45, 2.75) is 13.1 Å². The molecular weight excluding hydrogens is 317 g/mol. The van der Waals surface area contributed by atoms with E-state index in [0.717, 1.165) is 40.5 Å². The first-order valence-corrected chi connectivity index (χ1v) is 6.89. The van der Waals surface area contributed by atoms with Crippen molar-refractivity contribution in [3.8, 4) is 0 Å². The molecule has 1 heterocycles. The average Bonchev–Trinajstić information content (AvgIpc) is 2.79. The van der Waals surface area contributed by atoms with Crippen LogP contribution in [0.3, 0.4) is 0 Å². The minimum Gasteiger partial charge on any atom is -0.366 e. The number of thiophene rings is 1. The van der Waals surface area contributed by atoms with Crippen LogP contribution in [0.2, 0.25) is 0 Å². The van der Waals surface area contributed by atoms with Gasteiger partial charge in [-0.05, 0) is 37.3 Å². The Kier molecular flexibility index (Phi) is 4.23. The molecule has 0 aliphatic heterocycles. The molecule has 116 valence electrons. The van der Waals surface area contributed by atoms with Crippen molar-refractivity contribution in [2.24, 2.45) is 5.73 Å². The maximum atomic E-state index is 12.5. The van der Waals surface area contributed by atoms with E-state index in [1.165, 1.54) is 6.07 Å².